The summed E-state index contributed by atoms with van der Waals surface area (Å²) in [5.74, 6) is 0. The monoisotopic (exact) mass is 250 g/mol. The fraction of sp³-hybridized carbons (Fsp3) is 0.417. The molecule has 1 aliphatic carbocycles. The summed E-state index contributed by atoms with van der Waals surface area (Å²) in [6, 6.07) is 0. The van der Waals surface area contributed by atoms with Crippen molar-refractivity contribution in [3.05, 3.63) is 28.8 Å². The van der Waals surface area contributed by atoms with Crippen LogP contribution in [0.1, 0.15) is 31.4 Å². The third kappa shape index (κ3) is 2.47. The molecule has 0 unspecified atom stereocenters. The molecule has 0 aliphatic heterocycles. The van der Waals surface area contributed by atoms with Crippen molar-refractivity contribution in [3.8, 4) is 0 Å². The van der Waals surface area contributed by atoms with Gasteiger partial charge < -0.3 is 5.32 Å². The number of aromatic nitrogens is 2. The Balaban J connectivity index is 2.36. The second-order valence-electron chi connectivity index (χ2n) is 3.99. The topological polar surface area (TPSA) is 61.7 Å². The van der Waals surface area contributed by atoms with E-state index in [9.17, 15) is 0 Å². The van der Waals surface area contributed by atoms with Gasteiger partial charge in [0.25, 0.3) is 0 Å². The fourth-order valence-electron chi connectivity index (χ4n) is 1.99. The van der Waals surface area contributed by atoms with Crippen molar-refractivity contribution in [3.63, 3.8) is 0 Å². The molecule has 0 fully saturated rings. The van der Waals surface area contributed by atoms with Crippen LogP contribution in [0.2, 0.25) is 5.15 Å². The fourth-order valence-corrected chi connectivity index (χ4v) is 2.22. The second kappa shape index (κ2) is 5.27. The van der Waals surface area contributed by atoms with Gasteiger partial charge in [0.1, 0.15) is 17.7 Å². The molecule has 1 aliphatic rings. The maximum absolute atomic E-state index is 8.21. The van der Waals surface area contributed by atoms with Gasteiger partial charge in [-0.3, -0.25) is 5.41 Å². The molecular formula is C12H15ClN4. The number of halogens is 1. The average molecular weight is 251 g/mol. The number of rotatable bonds is 3. The number of hydrogen-bond acceptors (Lipinski definition) is 4. The van der Waals surface area contributed by atoms with E-state index in [0.29, 0.717) is 22.2 Å². The molecule has 0 bridgehead atoms. The number of hydrogen-bond donors (Lipinski definition) is 2. The lowest BCUT2D eigenvalue weighted by atomic mass is 9.94. The van der Waals surface area contributed by atoms with Crippen molar-refractivity contribution >= 4 is 23.0 Å². The predicted molar refractivity (Wildman–Crippen MR) is 70.0 cm³/mol. The number of nitrogens with zero attached hydrogens (tertiary/aromatic N) is 2. The van der Waals surface area contributed by atoms with E-state index in [2.05, 4.69) is 21.4 Å². The molecule has 0 aromatic carbocycles. The van der Waals surface area contributed by atoms with Crippen molar-refractivity contribution < 1.29 is 0 Å². The lowest BCUT2D eigenvalue weighted by Gasteiger charge is -2.15. The summed E-state index contributed by atoms with van der Waals surface area (Å²) in [7, 11) is 1.76. The summed E-state index contributed by atoms with van der Waals surface area (Å²) in [6.07, 6.45) is 7.87. The van der Waals surface area contributed by atoms with Crippen LogP contribution in [0.15, 0.2) is 18.0 Å². The normalized spacial score (nSPS) is 15.3. The van der Waals surface area contributed by atoms with Gasteiger partial charge in [0.05, 0.1) is 5.71 Å². The Bertz CT molecular complexity index is 468. The zero-order valence-electron chi connectivity index (χ0n) is 9.76. The number of allylic oxidation sites excluding steroid dienone is 2. The minimum absolute atomic E-state index is 0.360. The Morgan fingerprint density at radius 2 is 2.24 bits per heavy atom. The van der Waals surface area contributed by atoms with Gasteiger partial charge >= 0.3 is 0 Å². The molecule has 4 nitrogen and oxygen atoms in total. The summed E-state index contributed by atoms with van der Waals surface area (Å²) in [4.78, 5) is 8.08. The van der Waals surface area contributed by atoms with Gasteiger partial charge in [-0.25, -0.2) is 9.97 Å². The Labute approximate surface area is 106 Å². The van der Waals surface area contributed by atoms with Crippen molar-refractivity contribution in [1.29, 1.82) is 5.41 Å². The van der Waals surface area contributed by atoms with Gasteiger partial charge in [-0.05, 0) is 31.3 Å². The van der Waals surface area contributed by atoms with Gasteiger partial charge in [0, 0.05) is 7.05 Å². The molecule has 0 atom stereocenters. The third-order valence-corrected chi connectivity index (χ3v) is 3.19. The van der Waals surface area contributed by atoms with Crippen LogP contribution >= 0.6 is 11.6 Å². The first-order chi connectivity index (χ1) is 8.24. The molecule has 1 heterocycles. The quantitative estimate of drug-likeness (QED) is 0.640. The molecule has 2 rings (SSSR count). The molecule has 0 amide bonds. The number of nitrogens with one attached hydrogen (secondary N) is 2. The summed E-state index contributed by atoms with van der Waals surface area (Å²) in [5.41, 5.74) is 2.73. The van der Waals surface area contributed by atoms with E-state index in [4.69, 9.17) is 17.0 Å². The molecule has 0 saturated carbocycles. The minimum atomic E-state index is 0.360. The predicted octanol–water partition coefficient (Wildman–Crippen LogP) is 3.04. The van der Waals surface area contributed by atoms with Gasteiger partial charge in [0.15, 0.2) is 5.15 Å². The molecular weight excluding hydrogens is 236 g/mol. The van der Waals surface area contributed by atoms with E-state index < -0.39 is 0 Å². The van der Waals surface area contributed by atoms with E-state index in [1.165, 1.54) is 12.7 Å². The maximum Gasteiger partial charge on any atom is 0.156 e. The first-order valence-corrected chi connectivity index (χ1v) is 6.08. The lowest BCUT2D eigenvalue weighted by molar-refractivity contribution is 0.716. The van der Waals surface area contributed by atoms with E-state index in [1.54, 1.807) is 7.05 Å². The molecule has 2 N–H and O–H groups in total. The number of anilines is 1. The molecule has 0 radical (unpaired) electrons. The van der Waals surface area contributed by atoms with Crippen LogP contribution in [0.25, 0.3) is 0 Å². The van der Waals surface area contributed by atoms with Gasteiger partial charge in [-0.15, -0.1) is 0 Å². The van der Waals surface area contributed by atoms with Crippen molar-refractivity contribution in [2.24, 2.45) is 0 Å². The molecule has 17 heavy (non-hydrogen) atoms. The summed E-state index contributed by atoms with van der Waals surface area (Å²) in [5, 5.41) is 11.5. The summed E-state index contributed by atoms with van der Waals surface area (Å²) in [6.45, 7) is 0. The van der Waals surface area contributed by atoms with Gasteiger partial charge in [-0.2, -0.15) is 0 Å². The van der Waals surface area contributed by atoms with Gasteiger partial charge in [0.2, 0.25) is 0 Å². The molecule has 90 valence electrons. The average Bonchev–Trinajstić information content (AvgIpc) is 2.38. The molecule has 5 heteroatoms. The minimum Gasteiger partial charge on any atom is -0.384 e. The van der Waals surface area contributed by atoms with Crippen molar-refractivity contribution in [2.45, 2.75) is 25.7 Å². The smallest absolute Gasteiger partial charge is 0.156 e. The Morgan fingerprint density at radius 3 is 2.88 bits per heavy atom. The Kier molecular flexibility index (Phi) is 3.74. The molecule has 1 aromatic heterocycles. The van der Waals surface area contributed by atoms with Crippen molar-refractivity contribution in [1.82, 2.24) is 9.97 Å². The highest BCUT2D eigenvalue weighted by Crippen LogP contribution is 2.26. The lowest BCUT2D eigenvalue weighted by Crippen LogP contribution is -2.12. The highest BCUT2D eigenvalue weighted by atomic mass is 35.5. The van der Waals surface area contributed by atoms with E-state index in [-0.39, 0.29) is 0 Å². The van der Waals surface area contributed by atoms with Crippen LogP contribution in [-0.4, -0.2) is 22.7 Å². The van der Waals surface area contributed by atoms with Crippen molar-refractivity contribution in [2.75, 3.05) is 12.4 Å². The summed E-state index contributed by atoms with van der Waals surface area (Å²) < 4.78 is 0. The van der Waals surface area contributed by atoms with Gasteiger partial charge in [-0.1, -0.05) is 17.7 Å². The standard InChI is InChI=1S/C12H15ClN4/c1-15-11-10(16-7-17-12(11)13)9(14)8-5-3-2-4-6-8/h5,7,14-15H,2-4,6H2,1H3. The summed E-state index contributed by atoms with van der Waals surface area (Å²) >= 11 is 5.98. The van der Waals surface area contributed by atoms with E-state index in [0.717, 1.165) is 24.8 Å². The van der Waals surface area contributed by atoms with Crippen LogP contribution in [0.4, 0.5) is 5.69 Å². The maximum atomic E-state index is 8.21. The second-order valence-corrected chi connectivity index (χ2v) is 4.35. The first kappa shape index (κ1) is 12.0. The zero-order valence-corrected chi connectivity index (χ0v) is 10.5. The first-order valence-electron chi connectivity index (χ1n) is 5.70. The highest BCUT2D eigenvalue weighted by molar-refractivity contribution is 6.33. The van der Waals surface area contributed by atoms with E-state index in [1.807, 2.05) is 0 Å². The Morgan fingerprint density at radius 1 is 1.41 bits per heavy atom. The highest BCUT2D eigenvalue weighted by Gasteiger charge is 2.17. The van der Waals surface area contributed by atoms with Crippen LogP contribution in [0.5, 0.6) is 0 Å². The van der Waals surface area contributed by atoms with E-state index >= 15 is 0 Å². The zero-order chi connectivity index (χ0) is 12.3. The van der Waals surface area contributed by atoms with Crippen LogP contribution < -0.4 is 5.32 Å². The molecule has 0 spiro atoms. The Hall–Kier alpha value is -1.42. The van der Waals surface area contributed by atoms with Crippen LogP contribution in [-0.2, 0) is 0 Å². The largest absolute Gasteiger partial charge is 0.384 e. The molecule has 0 saturated heterocycles. The SMILES string of the molecule is CNc1c(Cl)ncnc1C(=N)C1=CCCCC1. The molecule has 1 aromatic rings. The van der Waals surface area contributed by atoms with Crippen LogP contribution in [0.3, 0.4) is 0 Å². The van der Waals surface area contributed by atoms with Crippen LogP contribution in [0, 0.1) is 5.41 Å². The third-order valence-electron chi connectivity index (χ3n) is 2.90.